The molecule has 3 aliphatic heterocycles. The van der Waals surface area contributed by atoms with Crippen molar-refractivity contribution < 1.29 is 14.3 Å². The zero-order valence-electron chi connectivity index (χ0n) is 22.9. The molecule has 0 radical (unpaired) electrons. The number of methoxy groups -OCH3 is 1. The van der Waals surface area contributed by atoms with E-state index >= 15 is 0 Å². The number of nitrogens with zero attached hydrogens (tertiary/aromatic N) is 7. The summed E-state index contributed by atoms with van der Waals surface area (Å²) in [6.07, 6.45) is 7.74. The number of rotatable bonds is 7. The number of carbonyl (C=O) groups excluding carboxylic acids is 1. The number of ether oxygens (including phenoxy) is 2. The number of fused-ring (bicyclic) bond motifs is 3. The summed E-state index contributed by atoms with van der Waals surface area (Å²) in [4.78, 5) is 26.3. The van der Waals surface area contributed by atoms with Gasteiger partial charge in [0.05, 0.1) is 48.2 Å². The van der Waals surface area contributed by atoms with Gasteiger partial charge in [-0.1, -0.05) is 30.3 Å². The summed E-state index contributed by atoms with van der Waals surface area (Å²) in [6, 6.07) is 21.9. The zero-order valence-corrected chi connectivity index (χ0v) is 22.9. The van der Waals surface area contributed by atoms with Crippen LogP contribution in [-0.4, -0.2) is 62.7 Å². The Morgan fingerprint density at radius 2 is 1.86 bits per heavy atom. The van der Waals surface area contributed by atoms with Gasteiger partial charge in [0.25, 0.3) is 5.91 Å². The minimum atomic E-state index is 0.00171. The number of carbonyl (C=O) groups is 1. The zero-order chi connectivity index (χ0) is 28.6. The van der Waals surface area contributed by atoms with Gasteiger partial charge in [-0.2, -0.15) is 10.4 Å². The van der Waals surface area contributed by atoms with Crippen LogP contribution in [0.4, 0.5) is 5.82 Å². The number of hydrogen-bond donors (Lipinski definition) is 0. The molecule has 1 amide bonds. The Morgan fingerprint density at radius 3 is 2.55 bits per heavy atom. The molecule has 42 heavy (non-hydrogen) atoms. The van der Waals surface area contributed by atoms with Crippen LogP contribution in [0.2, 0.25) is 0 Å². The number of hydrogen-bond acceptors (Lipinski definition) is 8. The van der Waals surface area contributed by atoms with Crippen LogP contribution in [0.1, 0.15) is 27.9 Å². The normalized spacial score (nSPS) is 17.4. The third-order valence-corrected chi connectivity index (χ3v) is 7.96. The van der Waals surface area contributed by atoms with E-state index in [0.717, 1.165) is 28.9 Å². The van der Waals surface area contributed by atoms with Crippen LogP contribution < -0.4 is 14.4 Å². The molecule has 0 spiro atoms. The number of amides is 1. The topological polar surface area (TPSA) is 109 Å². The summed E-state index contributed by atoms with van der Waals surface area (Å²) >= 11 is 0. The first kappa shape index (κ1) is 25.5. The molecular weight excluding hydrogens is 530 g/mol. The van der Waals surface area contributed by atoms with E-state index < -0.39 is 0 Å². The van der Waals surface area contributed by atoms with Gasteiger partial charge in [0.2, 0.25) is 5.88 Å². The van der Waals surface area contributed by atoms with Crippen molar-refractivity contribution in [1.29, 1.82) is 5.26 Å². The van der Waals surface area contributed by atoms with Crippen LogP contribution in [-0.2, 0) is 6.61 Å². The standard InChI is InChI=1S/C32H27N7O3/c1-41-30-10-8-23(15-35-30)32(40)39-25-11-26(39)18-37(17-25)29-9-7-22(14-34-29)28-12-27(42-20-21-5-3-2-4-6-21)19-38-31(28)24(13-33)16-36-38/h2-10,12,14-16,19,25-26H,11,17-18,20H2,1H3. The first-order valence-corrected chi connectivity index (χ1v) is 13.7. The Kier molecular flexibility index (Phi) is 6.39. The highest BCUT2D eigenvalue weighted by Crippen LogP contribution is 2.36. The van der Waals surface area contributed by atoms with Gasteiger partial charge in [-0.05, 0) is 36.2 Å². The van der Waals surface area contributed by atoms with Crippen LogP contribution >= 0.6 is 0 Å². The number of nitriles is 1. The van der Waals surface area contributed by atoms with Crippen molar-refractivity contribution in [3.63, 3.8) is 0 Å². The molecule has 1 aromatic carbocycles. The lowest BCUT2D eigenvalue weighted by Crippen LogP contribution is -2.70. The van der Waals surface area contributed by atoms with Crippen molar-refractivity contribution in [3.8, 4) is 28.8 Å². The Balaban J connectivity index is 1.10. The third kappa shape index (κ3) is 4.55. The molecule has 2 unspecified atom stereocenters. The maximum atomic E-state index is 13.1. The largest absolute Gasteiger partial charge is 0.487 e. The number of piperidine rings is 1. The van der Waals surface area contributed by atoms with Crippen molar-refractivity contribution >= 4 is 17.2 Å². The molecule has 10 nitrogen and oxygen atoms in total. The maximum Gasteiger partial charge on any atom is 0.256 e. The first-order chi connectivity index (χ1) is 20.6. The van der Waals surface area contributed by atoms with Crippen LogP contribution in [0.3, 0.4) is 0 Å². The number of pyridine rings is 3. The van der Waals surface area contributed by atoms with Crippen molar-refractivity contribution in [2.24, 2.45) is 0 Å². The highest BCUT2D eigenvalue weighted by molar-refractivity contribution is 5.95. The second-order valence-corrected chi connectivity index (χ2v) is 10.5. The SMILES string of the molecule is COc1ccc(C(=O)N2C3CC2CN(c2ccc(-c4cc(OCc5ccccc5)cn5ncc(C#N)c45)cn2)C3)cn1. The average Bonchev–Trinajstić information content (AvgIpc) is 3.47. The minimum Gasteiger partial charge on any atom is -0.487 e. The van der Waals surface area contributed by atoms with Gasteiger partial charge in [-0.3, -0.25) is 4.79 Å². The van der Waals surface area contributed by atoms with E-state index in [-0.39, 0.29) is 18.0 Å². The number of benzene rings is 1. The quantitative estimate of drug-likeness (QED) is 0.291. The molecule has 3 aliphatic rings. The highest BCUT2D eigenvalue weighted by Gasteiger charge is 2.47. The van der Waals surface area contributed by atoms with Crippen molar-refractivity contribution in [2.45, 2.75) is 25.1 Å². The van der Waals surface area contributed by atoms with Gasteiger partial charge in [0, 0.05) is 42.7 Å². The van der Waals surface area contributed by atoms with Gasteiger partial charge in [0.1, 0.15) is 24.2 Å². The lowest BCUT2D eigenvalue weighted by molar-refractivity contribution is 0.00572. The minimum absolute atomic E-state index is 0.00171. The van der Waals surface area contributed by atoms with Crippen molar-refractivity contribution in [3.05, 3.63) is 102 Å². The summed E-state index contributed by atoms with van der Waals surface area (Å²) in [6.45, 7) is 1.85. The molecule has 0 saturated carbocycles. The van der Waals surface area contributed by atoms with Crippen LogP contribution in [0.25, 0.3) is 16.6 Å². The second kappa shape index (κ2) is 10.5. The molecule has 10 heteroatoms. The van der Waals surface area contributed by atoms with E-state index in [2.05, 4.69) is 21.1 Å². The Bertz CT molecular complexity index is 1780. The van der Waals surface area contributed by atoms with E-state index in [1.807, 2.05) is 59.6 Å². The second-order valence-electron chi connectivity index (χ2n) is 10.5. The fourth-order valence-corrected chi connectivity index (χ4v) is 5.86. The van der Waals surface area contributed by atoms with Gasteiger partial charge in [-0.25, -0.2) is 14.5 Å². The predicted molar refractivity (Wildman–Crippen MR) is 155 cm³/mol. The summed E-state index contributed by atoms with van der Waals surface area (Å²) < 4.78 is 12.9. The van der Waals surface area contributed by atoms with Gasteiger partial charge in [-0.15, -0.1) is 0 Å². The predicted octanol–water partition coefficient (Wildman–Crippen LogP) is 4.35. The monoisotopic (exact) mass is 557 g/mol. The van der Waals surface area contributed by atoms with E-state index in [9.17, 15) is 10.1 Å². The Hall–Kier alpha value is -5.43. The summed E-state index contributed by atoms with van der Waals surface area (Å²) in [5, 5.41) is 14.1. The fraction of sp³-hybridized carbons (Fsp3) is 0.219. The number of anilines is 1. The molecular formula is C32H27N7O3. The molecule has 2 bridgehead atoms. The van der Waals surface area contributed by atoms with Crippen molar-refractivity contribution in [1.82, 2.24) is 24.5 Å². The molecule has 5 aromatic rings. The Labute approximate surface area is 242 Å². The van der Waals surface area contributed by atoms with Crippen molar-refractivity contribution in [2.75, 3.05) is 25.1 Å². The number of aromatic nitrogens is 4. The van der Waals surface area contributed by atoms with Gasteiger partial charge < -0.3 is 19.3 Å². The third-order valence-electron chi connectivity index (χ3n) is 7.96. The molecule has 4 aromatic heterocycles. The fourth-order valence-electron chi connectivity index (χ4n) is 5.86. The lowest BCUT2D eigenvalue weighted by Gasteiger charge is -2.56. The molecule has 7 heterocycles. The molecule has 2 atom stereocenters. The molecule has 0 N–H and O–H groups in total. The van der Waals surface area contributed by atoms with E-state index in [1.165, 1.54) is 0 Å². The van der Waals surface area contributed by atoms with Crippen LogP contribution in [0.5, 0.6) is 11.6 Å². The molecule has 0 aliphatic carbocycles. The first-order valence-electron chi connectivity index (χ1n) is 13.7. The van der Waals surface area contributed by atoms with E-state index in [4.69, 9.17) is 14.5 Å². The molecule has 3 fully saturated rings. The summed E-state index contributed by atoms with van der Waals surface area (Å²) in [5.74, 6) is 1.99. The molecule has 8 rings (SSSR count). The smallest absolute Gasteiger partial charge is 0.256 e. The molecule has 3 saturated heterocycles. The average molecular weight is 558 g/mol. The highest BCUT2D eigenvalue weighted by atomic mass is 16.5. The number of piperazine rings is 1. The van der Waals surface area contributed by atoms with Gasteiger partial charge >= 0.3 is 0 Å². The lowest BCUT2D eigenvalue weighted by atomic mass is 9.86. The maximum absolute atomic E-state index is 13.1. The summed E-state index contributed by atoms with van der Waals surface area (Å²) in [7, 11) is 1.56. The summed E-state index contributed by atoms with van der Waals surface area (Å²) in [5.41, 5.74) is 4.50. The van der Waals surface area contributed by atoms with Gasteiger partial charge in [0.15, 0.2) is 0 Å². The van der Waals surface area contributed by atoms with Crippen LogP contribution in [0, 0.1) is 11.3 Å². The van der Waals surface area contributed by atoms with Crippen LogP contribution in [0.15, 0.2) is 85.5 Å². The molecule has 208 valence electrons. The van der Waals surface area contributed by atoms with E-state index in [0.29, 0.717) is 48.0 Å². The Morgan fingerprint density at radius 1 is 1.02 bits per heavy atom. The van der Waals surface area contributed by atoms with E-state index in [1.54, 1.807) is 42.3 Å².